The van der Waals surface area contributed by atoms with Crippen LogP contribution in [0, 0.1) is 13.8 Å². The predicted molar refractivity (Wildman–Crippen MR) is 139 cm³/mol. The lowest BCUT2D eigenvalue weighted by Gasteiger charge is -2.35. The molecule has 0 spiro atoms. The zero-order valence-electron chi connectivity index (χ0n) is 21.3. The minimum Gasteiger partial charge on any atom is -0.481 e. The van der Waals surface area contributed by atoms with Gasteiger partial charge in [0.15, 0.2) is 5.82 Å². The molecule has 0 aliphatic carbocycles. The number of methoxy groups -OCH3 is 1. The van der Waals surface area contributed by atoms with Gasteiger partial charge in [-0.05, 0) is 43.7 Å². The molecule has 0 radical (unpaired) electrons. The van der Waals surface area contributed by atoms with Crippen molar-refractivity contribution in [2.45, 2.75) is 26.7 Å². The first-order chi connectivity index (χ1) is 18.0. The van der Waals surface area contributed by atoms with Gasteiger partial charge in [0.05, 0.1) is 24.9 Å². The summed E-state index contributed by atoms with van der Waals surface area (Å²) in [6, 6.07) is 11.7. The summed E-state index contributed by atoms with van der Waals surface area (Å²) in [5, 5.41) is 7.29. The van der Waals surface area contributed by atoms with E-state index < -0.39 is 0 Å². The number of aryl methyl sites for hydroxylation is 2. The number of pyridine rings is 2. The lowest BCUT2D eigenvalue weighted by Crippen LogP contribution is -2.49. The topological polar surface area (TPSA) is 113 Å². The van der Waals surface area contributed by atoms with E-state index in [2.05, 4.69) is 30.0 Å². The van der Waals surface area contributed by atoms with Crippen molar-refractivity contribution in [2.24, 2.45) is 0 Å². The van der Waals surface area contributed by atoms with Crippen LogP contribution >= 0.6 is 0 Å². The van der Waals surface area contributed by atoms with E-state index in [0.29, 0.717) is 37.6 Å². The highest BCUT2D eigenvalue weighted by atomic mass is 16.5. The number of nitrogens with zero attached hydrogens (tertiary/aromatic N) is 7. The molecule has 37 heavy (non-hydrogen) atoms. The third-order valence-electron chi connectivity index (χ3n) is 6.35. The van der Waals surface area contributed by atoms with E-state index in [1.807, 2.05) is 55.3 Å². The fourth-order valence-corrected chi connectivity index (χ4v) is 4.42. The Kier molecular flexibility index (Phi) is 7.07. The Labute approximate surface area is 215 Å². The molecular weight excluding hydrogens is 468 g/mol. The van der Waals surface area contributed by atoms with Crippen LogP contribution in [0.1, 0.15) is 28.3 Å². The Morgan fingerprint density at radius 3 is 2.46 bits per heavy atom. The van der Waals surface area contributed by atoms with Gasteiger partial charge in [-0.1, -0.05) is 6.07 Å². The highest BCUT2D eigenvalue weighted by Crippen LogP contribution is 2.21. The third kappa shape index (κ3) is 5.91. The van der Waals surface area contributed by atoms with Crippen LogP contribution in [0.15, 0.2) is 48.8 Å². The number of aromatic nitrogens is 6. The van der Waals surface area contributed by atoms with Crippen molar-refractivity contribution in [3.63, 3.8) is 0 Å². The molecule has 0 saturated carbocycles. The minimum atomic E-state index is 0.104. The van der Waals surface area contributed by atoms with Crippen molar-refractivity contribution in [1.82, 2.24) is 35.0 Å². The molecule has 0 bridgehead atoms. The van der Waals surface area contributed by atoms with Crippen molar-refractivity contribution < 1.29 is 9.53 Å². The first-order valence-corrected chi connectivity index (χ1v) is 12.3. The number of ether oxygens (including phenoxy) is 1. The molecule has 0 aromatic carbocycles. The molecule has 0 unspecified atom stereocenters. The van der Waals surface area contributed by atoms with Crippen LogP contribution in [0.3, 0.4) is 0 Å². The summed E-state index contributed by atoms with van der Waals surface area (Å²) in [4.78, 5) is 35.1. The molecule has 1 fully saturated rings. The number of piperazine rings is 1. The average molecular weight is 499 g/mol. The first kappa shape index (κ1) is 24.4. The molecule has 1 aliphatic heterocycles. The standard InChI is InChI=1S/C27H30N8O2/c1-18-12-22(15-23-13-19(2)32-33-23)31-27(30-18)21-5-6-24(28-17-21)34-8-10-35(11-9-34)26(36)14-20-4-7-25(37-3)29-16-20/h4-7,12-13,16-17H,8-11,14-15H2,1-3H3,(H,32,33). The number of carbonyl (C=O) groups excluding carboxylic acids is 1. The largest absolute Gasteiger partial charge is 0.481 e. The van der Waals surface area contributed by atoms with Crippen molar-refractivity contribution in [3.8, 4) is 17.3 Å². The predicted octanol–water partition coefficient (Wildman–Crippen LogP) is 2.76. The van der Waals surface area contributed by atoms with E-state index in [1.54, 1.807) is 19.4 Å². The lowest BCUT2D eigenvalue weighted by atomic mass is 10.1. The average Bonchev–Trinajstić information content (AvgIpc) is 3.33. The number of hydrogen-bond donors (Lipinski definition) is 1. The van der Waals surface area contributed by atoms with Crippen molar-refractivity contribution in [1.29, 1.82) is 0 Å². The summed E-state index contributed by atoms with van der Waals surface area (Å²) in [7, 11) is 1.58. The Hall–Kier alpha value is -4.34. The van der Waals surface area contributed by atoms with Gasteiger partial charge in [0.1, 0.15) is 5.82 Å². The van der Waals surface area contributed by atoms with Gasteiger partial charge in [-0.25, -0.2) is 19.9 Å². The highest BCUT2D eigenvalue weighted by Gasteiger charge is 2.22. The maximum absolute atomic E-state index is 12.8. The van der Waals surface area contributed by atoms with Crippen LogP contribution in [0.25, 0.3) is 11.4 Å². The molecule has 1 amide bonds. The lowest BCUT2D eigenvalue weighted by molar-refractivity contribution is -0.130. The Balaban J connectivity index is 1.19. The fraction of sp³-hybridized carbons (Fsp3) is 0.333. The second-order valence-corrected chi connectivity index (χ2v) is 9.20. The third-order valence-corrected chi connectivity index (χ3v) is 6.35. The molecule has 1 aliphatic rings. The molecule has 190 valence electrons. The Bertz CT molecular complexity index is 1360. The van der Waals surface area contributed by atoms with Gasteiger partial charge in [0.25, 0.3) is 0 Å². The monoisotopic (exact) mass is 498 g/mol. The number of nitrogens with one attached hydrogen (secondary N) is 1. The van der Waals surface area contributed by atoms with Crippen LogP contribution < -0.4 is 9.64 Å². The van der Waals surface area contributed by atoms with Crippen LogP contribution in [0.5, 0.6) is 5.88 Å². The number of H-pyrrole nitrogens is 1. The Morgan fingerprint density at radius 1 is 0.973 bits per heavy atom. The van der Waals surface area contributed by atoms with Gasteiger partial charge < -0.3 is 14.5 Å². The van der Waals surface area contributed by atoms with E-state index in [9.17, 15) is 4.79 Å². The van der Waals surface area contributed by atoms with E-state index in [4.69, 9.17) is 9.72 Å². The molecule has 4 aromatic rings. The van der Waals surface area contributed by atoms with Crippen LogP contribution in [0.2, 0.25) is 0 Å². The van der Waals surface area contributed by atoms with Crippen molar-refractivity contribution in [2.75, 3.05) is 38.2 Å². The van der Waals surface area contributed by atoms with Gasteiger partial charge in [-0.2, -0.15) is 5.10 Å². The van der Waals surface area contributed by atoms with Gasteiger partial charge in [0.2, 0.25) is 11.8 Å². The van der Waals surface area contributed by atoms with Crippen LogP contribution in [0.4, 0.5) is 5.82 Å². The zero-order valence-corrected chi connectivity index (χ0v) is 21.3. The second kappa shape index (κ2) is 10.7. The number of carbonyl (C=O) groups is 1. The molecule has 0 atom stereocenters. The maximum atomic E-state index is 12.8. The number of hydrogen-bond acceptors (Lipinski definition) is 8. The van der Waals surface area contributed by atoms with Crippen LogP contribution in [-0.2, 0) is 17.6 Å². The normalized spacial score (nSPS) is 13.6. The van der Waals surface area contributed by atoms with Crippen molar-refractivity contribution >= 4 is 11.7 Å². The quantitative estimate of drug-likeness (QED) is 0.414. The molecule has 1 saturated heterocycles. The van der Waals surface area contributed by atoms with Crippen molar-refractivity contribution in [3.05, 3.63) is 77.1 Å². The fourth-order valence-electron chi connectivity index (χ4n) is 4.42. The molecule has 1 N–H and O–H groups in total. The minimum absolute atomic E-state index is 0.104. The van der Waals surface area contributed by atoms with Crippen LogP contribution in [-0.4, -0.2) is 74.2 Å². The first-order valence-electron chi connectivity index (χ1n) is 12.3. The number of amides is 1. The molecule has 5 rings (SSSR count). The summed E-state index contributed by atoms with van der Waals surface area (Å²) in [5.41, 5.74) is 5.56. The van der Waals surface area contributed by atoms with Gasteiger partial charge >= 0.3 is 0 Å². The number of anilines is 1. The molecule has 5 heterocycles. The van der Waals surface area contributed by atoms with Gasteiger partial charge in [-0.15, -0.1) is 0 Å². The molecule has 4 aromatic heterocycles. The van der Waals surface area contributed by atoms with E-state index in [1.165, 1.54) is 0 Å². The molecular formula is C27H30N8O2. The smallest absolute Gasteiger partial charge is 0.227 e. The molecule has 10 nitrogen and oxygen atoms in total. The summed E-state index contributed by atoms with van der Waals surface area (Å²) < 4.78 is 5.08. The summed E-state index contributed by atoms with van der Waals surface area (Å²) in [6.45, 7) is 6.72. The summed E-state index contributed by atoms with van der Waals surface area (Å²) in [6.07, 6.45) is 4.49. The summed E-state index contributed by atoms with van der Waals surface area (Å²) in [5.74, 6) is 2.19. The number of rotatable bonds is 7. The SMILES string of the molecule is COc1ccc(CC(=O)N2CCN(c3ccc(-c4nc(C)cc(Cc5cc(C)[nH]n5)n4)cn3)CC2)cn1. The van der Waals surface area contributed by atoms with E-state index in [0.717, 1.165) is 52.8 Å². The van der Waals surface area contributed by atoms with E-state index in [-0.39, 0.29) is 5.91 Å². The van der Waals surface area contributed by atoms with E-state index >= 15 is 0 Å². The zero-order chi connectivity index (χ0) is 25.8. The molecule has 10 heteroatoms. The second-order valence-electron chi connectivity index (χ2n) is 9.20. The highest BCUT2D eigenvalue weighted by molar-refractivity contribution is 5.79. The van der Waals surface area contributed by atoms with Gasteiger partial charge in [-0.3, -0.25) is 9.89 Å². The Morgan fingerprint density at radius 2 is 1.81 bits per heavy atom. The summed E-state index contributed by atoms with van der Waals surface area (Å²) >= 11 is 0. The maximum Gasteiger partial charge on any atom is 0.227 e. The number of aromatic amines is 1. The van der Waals surface area contributed by atoms with Gasteiger partial charge in [0, 0.05) is 68.0 Å².